The second-order valence-electron chi connectivity index (χ2n) is 4.41. The van der Waals surface area contributed by atoms with Crippen LogP contribution in [0.5, 0.6) is 5.75 Å². The topological polar surface area (TPSA) is 61.7 Å². The van der Waals surface area contributed by atoms with Gasteiger partial charge in [0.2, 0.25) is 0 Å². The average molecular weight is 286 g/mol. The summed E-state index contributed by atoms with van der Waals surface area (Å²) in [4.78, 5) is 11.9. The van der Waals surface area contributed by atoms with E-state index in [4.69, 9.17) is 0 Å². The molecule has 2 N–H and O–H groups in total. The molecule has 21 heavy (non-hydrogen) atoms. The third-order valence-electron chi connectivity index (χ3n) is 2.93. The second kappa shape index (κ2) is 6.65. The largest absolute Gasteiger partial charge is 0.508 e. The summed E-state index contributed by atoms with van der Waals surface area (Å²) in [6, 6.07) is 11.8. The molecule has 0 bridgehead atoms. The highest BCUT2D eigenvalue weighted by atomic mass is 19.1. The number of hydrazone groups is 1. The molecule has 0 heterocycles. The molecule has 0 aliphatic carbocycles. The molecule has 2 rings (SSSR count). The molecule has 0 fully saturated rings. The van der Waals surface area contributed by atoms with Crippen molar-refractivity contribution in [2.24, 2.45) is 5.10 Å². The number of phenols is 1. The van der Waals surface area contributed by atoms with Crippen LogP contribution < -0.4 is 5.43 Å². The normalized spacial score (nSPS) is 11.2. The molecule has 2 aromatic carbocycles. The van der Waals surface area contributed by atoms with E-state index in [0.29, 0.717) is 17.7 Å². The van der Waals surface area contributed by atoms with E-state index in [9.17, 15) is 14.3 Å². The van der Waals surface area contributed by atoms with Gasteiger partial charge in [-0.2, -0.15) is 5.10 Å². The van der Waals surface area contributed by atoms with Gasteiger partial charge in [0.15, 0.2) is 0 Å². The van der Waals surface area contributed by atoms with Gasteiger partial charge in [0.25, 0.3) is 5.91 Å². The minimum Gasteiger partial charge on any atom is -0.508 e. The lowest BCUT2D eigenvalue weighted by Gasteiger charge is -2.05. The lowest BCUT2D eigenvalue weighted by Crippen LogP contribution is -2.20. The molecule has 4 nitrogen and oxygen atoms in total. The van der Waals surface area contributed by atoms with Gasteiger partial charge in [0.05, 0.1) is 5.71 Å². The summed E-state index contributed by atoms with van der Waals surface area (Å²) in [7, 11) is 0. The highest BCUT2D eigenvalue weighted by Crippen LogP contribution is 2.12. The van der Waals surface area contributed by atoms with Crippen LogP contribution in [0.1, 0.15) is 29.3 Å². The van der Waals surface area contributed by atoms with Crippen LogP contribution >= 0.6 is 0 Å². The lowest BCUT2D eigenvalue weighted by atomic mass is 10.1. The fraction of sp³-hybridized carbons (Fsp3) is 0.125. The van der Waals surface area contributed by atoms with Crippen molar-refractivity contribution >= 4 is 11.6 Å². The first-order valence-electron chi connectivity index (χ1n) is 6.52. The number of phenolic OH excluding ortho intramolecular Hbond substituents is 1. The van der Waals surface area contributed by atoms with Crippen molar-refractivity contribution in [3.8, 4) is 5.75 Å². The van der Waals surface area contributed by atoms with E-state index in [2.05, 4.69) is 10.5 Å². The van der Waals surface area contributed by atoms with Gasteiger partial charge in [-0.15, -0.1) is 0 Å². The molecule has 0 aliphatic rings. The van der Waals surface area contributed by atoms with E-state index in [1.54, 1.807) is 24.3 Å². The first-order valence-corrected chi connectivity index (χ1v) is 6.52. The van der Waals surface area contributed by atoms with Crippen LogP contribution in [0.4, 0.5) is 4.39 Å². The lowest BCUT2D eigenvalue weighted by molar-refractivity contribution is 0.0954. The van der Waals surface area contributed by atoms with E-state index in [1.807, 2.05) is 6.92 Å². The molecule has 0 aliphatic heterocycles. The van der Waals surface area contributed by atoms with E-state index < -0.39 is 11.7 Å². The molecule has 0 spiro atoms. The molecule has 0 unspecified atom stereocenters. The first kappa shape index (κ1) is 14.7. The van der Waals surface area contributed by atoms with Gasteiger partial charge < -0.3 is 5.11 Å². The fourth-order valence-electron chi connectivity index (χ4n) is 1.79. The van der Waals surface area contributed by atoms with Crippen LogP contribution in [-0.2, 0) is 0 Å². The Morgan fingerprint density at radius 2 is 1.67 bits per heavy atom. The van der Waals surface area contributed by atoms with E-state index in [-0.39, 0.29) is 5.75 Å². The average Bonchev–Trinajstić information content (AvgIpc) is 2.50. The van der Waals surface area contributed by atoms with Crippen LogP contribution in [-0.4, -0.2) is 16.7 Å². The Morgan fingerprint density at radius 3 is 2.24 bits per heavy atom. The molecule has 5 heteroatoms. The number of hydrogen-bond acceptors (Lipinski definition) is 3. The fourth-order valence-corrected chi connectivity index (χ4v) is 1.79. The monoisotopic (exact) mass is 286 g/mol. The summed E-state index contributed by atoms with van der Waals surface area (Å²) in [5.41, 5.74) is 4.28. The van der Waals surface area contributed by atoms with Crippen molar-refractivity contribution in [2.45, 2.75) is 13.3 Å². The number of carbonyl (C=O) groups excluding carboxylic acids is 1. The standard InChI is InChI=1S/C16H15FN2O2/c1-2-15(11-5-9-14(20)10-6-11)18-19-16(21)12-3-7-13(17)8-4-12/h3-10,20H,2H2,1H3,(H,19,21). The third kappa shape index (κ3) is 3.89. The van der Waals surface area contributed by atoms with Gasteiger partial charge in [0.1, 0.15) is 11.6 Å². The van der Waals surface area contributed by atoms with E-state index in [1.165, 1.54) is 24.3 Å². The predicted octanol–water partition coefficient (Wildman–Crippen LogP) is 3.08. The number of hydrogen-bond donors (Lipinski definition) is 2. The van der Waals surface area contributed by atoms with Crippen LogP contribution in [0.3, 0.4) is 0 Å². The second-order valence-corrected chi connectivity index (χ2v) is 4.41. The van der Waals surface area contributed by atoms with Crippen molar-refractivity contribution in [3.05, 3.63) is 65.5 Å². The Balaban J connectivity index is 2.12. The number of benzene rings is 2. The van der Waals surface area contributed by atoms with E-state index >= 15 is 0 Å². The summed E-state index contributed by atoms with van der Waals surface area (Å²) in [6.45, 7) is 1.91. The minimum atomic E-state index is -0.403. The number of rotatable bonds is 4. The Hall–Kier alpha value is -2.69. The smallest absolute Gasteiger partial charge is 0.271 e. The van der Waals surface area contributed by atoms with Crippen molar-refractivity contribution in [3.63, 3.8) is 0 Å². The Labute approximate surface area is 121 Å². The summed E-state index contributed by atoms with van der Waals surface area (Å²) in [5.74, 6) is -0.627. The summed E-state index contributed by atoms with van der Waals surface area (Å²) < 4.78 is 12.8. The molecule has 2 aromatic rings. The van der Waals surface area contributed by atoms with Gasteiger partial charge >= 0.3 is 0 Å². The zero-order valence-electron chi connectivity index (χ0n) is 11.5. The van der Waals surface area contributed by atoms with Crippen LogP contribution in [0.15, 0.2) is 53.6 Å². The van der Waals surface area contributed by atoms with E-state index in [0.717, 1.165) is 5.56 Å². The molecule has 0 aromatic heterocycles. The summed E-state index contributed by atoms with van der Waals surface area (Å²) >= 11 is 0. The molecular weight excluding hydrogens is 271 g/mol. The maximum absolute atomic E-state index is 12.8. The minimum absolute atomic E-state index is 0.171. The molecule has 108 valence electrons. The number of aromatic hydroxyl groups is 1. The van der Waals surface area contributed by atoms with Crippen LogP contribution in [0, 0.1) is 5.82 Å². The maximum atomic E-state index is 12.8. The maximum Gasteiger partial charge on any atom is 0.271 e. The first-order chi connectivity index (χ1) is 10.1. The number of amides is 1. The number of carbonyl (C=O) groups is 1. The number of halogens is 1. The Morgan fingerprint density at radius 1 is 1.10 bits per heavy atom. The van der Waals surface area contributed by atoms with Gasteiger partial charge in [-0.05, 0) is 60.5 Å². The zero-order chi connectivity index (χ0) is 15.2. The highest BCUT2D eigenvalue weighted by Gasteiger charge is 2.06. The van der Waals surface area contributed by atoms with Gasteiger partial charge in [-0.25, -0.2) is 9.82 Å². The van der Waals surface area contributed by atoms with Crippen molar-refractivity contribution < 1.29 is 14.3 Å². The summed E-state index contributed by atoms with van der Waals surface area (Å²) in [5, 5.41) is 13.3. The number of nitrogens with zero attached hydrogens (tertiary/aromatic N) is 1. The molecular formula is C16H15FN2O2. The van der Waals surface area contributed by atoms with Crippen LogP contribution in [0.25, 0.3) is 0 Å². The SMILES string of the molecule is CCC(=NNC(=O)c1ccc(F)cc1)c1ccc(O)cc1. The van der Waals surface area contributed by atoms with Gasteiger partial charge in [0, 0.05) is 5.56 Å². The number of nitrogens with one attached hydrogen (secondary N) is 1. The summed E-state index contributed by atoms with van der Waals surface area (Å²) in [6.07, 6.45) is 0.620. The molecule has 1 amide bonds. The van der Waals surface area contributed by atoms with Crippen molar-refractivity contribution in [1.29, 1.82) is 0 Å². The highest BCUT2D eigenvalue weighted by molar-refractivity contribution is 6.02. The molecule has 0 saturated heterocycles. The van der Waals surface area contributed by atoms with Crippen molar-refractivity contribution in [2.75, 3.05) is 0 Å². The zero-order valence-corrected chi connectivity index (χ0v) is 11.5. The molecule has 0 radical (unpaired) electrons. The van der Waals surface area contributed by atoms with Gasteiger partial charge in [-0.3, -0.25) is 4.79 Å². The third-order valence-corrected chi connectivity index (χ3v) is 2.93. The Kier molecular flexibility index (Phi) is 4.66. The van der Waals surface area contributed by atoms with Gasteiger partial charge in [-0.1, -0.05) is 6.92 Å². The quantitative estimate of drug-likeness (QED) is 0.670. The molecule has 0 saturated carbocycles. The predicted molar refractivity (Wildman–Crippen MR) is 78.8 cm³/mol. The van der Waals surface area contributed by atoms with Crippen LogP contribution in [0.2, 0.25) is 0 Å². The van der Waals surface area contributed by atoms with Crippen molar-refractivity contribution in [1.82, 2.24) is 5.43 Å². The molecule has 0 atom stereocenters. The Bertz CT molecular complexity index is 649.